The summed E-state index contributed by atoms with van der Waals surface area (Å²) in [7, 11) is 1.62. The number of likely N-dealkylation sites (N-methyl/N-ethyl adjacent to an activating group) is 1. The van der Waals surface area contributed by atoms with Gasteiger partial charge in [-0.3, -0.25) is 4.79 Å². The van der Waals surface area contributed by atoms with Gasteiger partial charge < -0.3 is 16.0 Å². The van der Waals surface area contributed by atoms with Gasteiger partial charge in [0.15, 0.2) is 0 Å². The molecule has 1 aliphatic rings. The summed E-state index contributed by atoms with van der Waals surface area (Å²) in [5.41, 5.74) is 7.00. The Morgan fingerprint density at radius 3 is 3.00 bits per heavy atom. The van der Waals surface area contributed by atoms with Crippen LogP contribution in [0.3, 0.4) is 0 Å². The lowest BCUT2D eigenvalue weighted by Gasteiger charge is -2.36. The van der Waals surface area contributed by atoms with E-state index in [9.17, 15) is 9.18 Å². The summed E-state index contributed by atoms with van der Waals surface area (Å²) in [6.45, 7) is 0.728. The van der Waals surface area contributed by atoms with Crippen molar-refractivity contribution in [1.82, 2.24) is 5.32 Å². The molecular weight excluding hydrogens is 233 g/mol. The van der Waals surface area contributed by atoms with Crippen molar-refractivity contribution in [3.8, 4) is 0 Å². The van der Waals surface area contributed by atoms with Gasteiger partial charge in [0, 0.05) is 13.6 Å². The van der Waals surface area contributed by atoms with Crippen LogP contribution in [0.5, 0.6) is 0 Å². The van der Waals surface area contributed by atoms with Crippen LogP contribution in [-0.2, 0) is 4.79 Å². The Morgan fingerprint density at radius 2 is 2.28 bits per heavy atom. The van der Waals surface area contributed by atoms with Crippen molar-refractivity contribution in [1.29, 1.82) is 0 Å². The average molecular weight is 251 g/mol. The van der Waals surface area contributed by atoms with Crippen LogP contribution in [0.15, 0.2) is 18.2 Å². The van der Waals surface area contributed by atoms with Gasteiger partial charge in [0.1, 0.15) is 11.9 Å². The fraction of sp³-hybridized carbons (Fsp3) is 0.462. The highest BCUT2D eigenvalue weighted by atomic mass is 19.1. The van der Waals surface area contributed by atoms with Crippen molar-refractivity contribution in [3.05, 3.63) is 24.0 Å². The molecule has 1 aliphatic heterocycles. The van der Waals surface area contributed by atoms with E-state index in [-0.39, 0.29) is 17.8 Å². The van der Waals surface area contributed by atoms with Crippen LogP contribution in [0.25, 0.3) is 0 Å². The first-order valence-electron chi connectivity index (χ1n) is 6.16. The number of amides is 1. The second-order valence-corrected chi connectivity index (χ2v) is 4.52. The Balaban J connectivity index is 2.33. The normalized spacial score (nSPS) is 19.7. The van der Waals surface area contributed by atoms with E-state index in [4.69, 9.17) is 5.73 Å². The van der Waals surface area contributed by atoms with E-state index in [0.717, 1.165) is 25.8 Å². The van der Waals surface area contributed by atoms with E-state index in [0.29, 0.717) is 11.4 Å². The quantitative estimate of drug-likeness (QED) is 0.783. The number of nitrogens with one attached hydrogen (secondary N) is 1. The summed E-state index contributed by atoms with van der Waals surface area (Å²) in [5.74, 6) is -0.376. The van der Waals surface area contributed by atoms with E-state index in [1.54, 1.807) is 13.1 Å². The standard InChI is InChI=1S/C13H18FN3O/c1-16-13(18)11-4-2-3-7-17(11)12-8-9(14)5-6-10(12)15/h5-6,8,11H,2-4,7,15H2,1H3,(H,16,18). The van der Waals surface area contributed by atoms with Crippen molar-refractivity contribution in [2.24, 2.45) is 0 Å². The molecule has 1 aromatic rings. The Bertz CT molecular complexity index is 450. The maximum absolute atomic E-state index is 13.3. The SMILES string of the molecule is CNC(=O)C1CCCCN1c1cc(F)ccc1N. The molecule has 1 heterocycles. The number of hydrogen-bond donors (Lipinski definition) is 2. The summed E-state index contributed by atoms with van der Waals surface area (Å²) in [5, 5.41) is 2.65. The highest BCUT2D eigenvalue weighted by Gasteiger charge is 2.29. The maximum Gasteiger partial charge on any atom is 0.242 e. The summed E-state index contributed by atoms with van der Waals surface area (Å²) in [4.78, 5) is 13.8. The van der Waals surface area contributed by atoms with Crippen molar-refractivity contribution in [2.45, 2.75) is 25.3 Å². The molecule has 1 amide bonds. The zero-order valence-corrected chi connectivity index (χ0v) is 10.4. The smallest absolute Gasteiger partial charge is 0.242 e. The molecule has 18 heavy (non-hydrogen) atoms. The van der Waals surface area contributed by atoms with Gasteiger partial charge in [-0.05, 0) is 37.5 Å². The molecule has 1 saturated heterocycles. The molecule has 1 atom stereocenters. The van der Waals surface area contributed by atoms with Crippen molar-refractivity contribution >= 4 is 17.3 Å². The van der Waals surface area contributed by atoms with Gasteiger partial charge in [-0.25, -0.2) is 4.39 Å². The molecule has 0 bridgehead atoms. The molecule has 2 rings (SSSR count). The number of nitrogens with zero attached hydrogens (tertiary/aromatic N) is 1. The van der Waals surface area contributed by atoms with E-state index in [2.05, 4.69) is 5.32 Å². The lowest BCUT2D eigenvalue weighted by Crippen LogP contribution is -2.49. The van der Waals surface area contributed by atoms with Gasteiger partial charge in [0.2, 0.25) is 5.91 Å². The number of nitrogens with two attached hydrogens (primary N) is 1. The third-order valence-corrected chi connectivity index (χ3v) is 3.35. The average Bonchev–Trinajstić information content (AvgIpc) is 2.40. The number of rotatable bonds is 2. The number of hydrogen-bond acceptors (Lipinski definition) is 3. The number of anilines is 2. The molecule has 3 N–H and O–H groups in total. The minimum absolute atomic E-state index is 0.0432. The van der Waals surface area contributed by atoms with Gasteiger partial charge in [0.05, 0.1) is 11.4 Å². The van der Waals surface area contributed by atoms with Crippen LogP contribution in [0.1, 0.15) is 19.3 Å². The highest BCUT2D eigenvalue weighted by molar-refractivity contribution is 5.86. The molecule has 1 aromatic carbocycles. The van der Waals surface area contributed by atoms with Gasteiger partial charge in [0.25, 0.3) is 0 Å². The number of carbonyl (C=O) groups excluding carboxylic acids is 1. The summed E-state index contributed by atoms with van der Waals surface area (Å²) >= 11 is 0. The minimum Gasteiger partial charge on any atom is -0.397 e. The second kappa shape index (κ2) is 5.25. The predicted octanol–water partition coefficient (Wildman–Crippen LogP) is 1.51. The molecule has 1 fully saturated rings. The second-order valence-electron chi connectivity index (χ2n) is 4.52. The Labute approximate surface area is 106 Å². The molecule has 0 saturated carbocycles. The molecule has 0 spiro atoms. The van der Waals surface area contributed by atoms with Gasteiger partial charge in [-0.15, -0.1) is 0 Å². The number of halogens is 1. The Morgan fingerprint density at radius 1 is 1.50 bits per heavy atom. The maximum atomic E-state index is 13.3. The van der Waals surface area contributed by atoms with Crippen molar-refractivity contribution in [3.63, 3.8) is 0 Å². The summed E-state index contributed by atoms with van der Waals surface area (Å²) in [6, 6.07) is 4.02. The molecule has 98 valence electrons. The van der Waals surface area contributed by atoms with Crippen LogP contribution in [0.2, 0.25) is 0 Å². The largest absolute Gasteiger partial charge is 0.397 e. The minimum atomic E-state index is -0.333. The third-order valence-electron chi connectivity index (χ3n) is 3.35. The molecule has 5 heteroatoms. The highest BCUT2D eigenvalue weighted by Crippen LogP contribution is 2.30. The van der Waals surface area contributed by atoms with Crippen molar-refractivity contribution in [2.75, 3.05) is 24.2 Å². The molecule has 0 aliphatic carbocycles. The fourth-order valence-corrected chi connectivity index (χ4v) is 2.42. The molecule has 1 unspecified atom stereocenters. The first-order chi connectivity index (χ1) is 8.63. The lowest BCUT2D eigenvalue weighted by atomic mass is 10.00. The first-order valence-corrected chi connectivity index (χ1v) is 6.16. The summed E-state index contributed by atoms with van der Waals surface area (Å²) < 4.78 is 13.3. The number of nitrogen functional groups attached to an aromatic ring is 1. The molecule has 0 aromatic heterocycles. The number of benzene rings is 1. The number of carbonyl (C=O) groups is 1. The molecule has 4 nitrogen and oxygen atoms in total. The molecule has 0 radical (unpaired) electrons. The van der Waals surface area contributed by atoms with Crippen LogP contribution < -0.4 is 16.0 Å². The monoisotopic (exact) mass is 251 g/mol. The van der Waals surface area contributed by atoms with Gasteiger partial charge >= 0.3 is 0 Å². The summed E-state index contributed by atoms with van der Waals surface area (Å²) in [6.07, 6.45) is 2.77. The third kappa shape index (κ3) is 2.39. The number of piperidine rings is 1. The van der Waals surface area contributed by atoms with E-state index < -0.39 is 0 Å². The van der Waals surface area contributed by atoms with Crippen LogP contribution in [0, 0.1) is 5.82 Å². The Kier molecular flexibility index (Phi) is 3.69. The van der Waals surface area contributed by atoms with Gasteiger partial charge in [-0.1, -0.05) is 0 Å². The fourth-order valence-electron chi connectivity index (χ4n) is 2.42. The molecular formula is C13H18FN3O. The first kappa shape index (κ1) is 12.7. The van der Waals surface area contributed by atoms with E-state index >= 15 is 0 Å². The van der Waals surface area contributed by atoms with Crippen molar-refractivity contribution < 1.29 is 9.18 Å². The van der Waals surface area contributed by atoms with Gasteiger partial charge in [-0.2, -0.15) is 0 Å². The zero-order chi connectivity index (χ0) is 13.1. The zero-order valence-electron chi connectivity index (χ0n) is 10.4. The van der Waals surface area contributed by atoms with E-state index in [1.807, 2.05) is 4.90 Å². The Hall–Kier alpha value is -1.78. The van der Waals surface area contributed by atoms with E-state index in [1.165, 1.54) is 12.1 Å². The topological polar surface area (TPSA) is 58.4 Å². The predicted molar refractivity (Wildman–Crippen MR) is 69.9 cm³/mol. The lowest BCUT2D eigenvalue weighted by molar-refractivity contribution is -0.122. The van der Waals surface area contributed by atoms with Crippen LogP contribution >= 0.6 is 0 Å². The van der Waals surface area contributed by atoms with Crippen LogP contribution in [0.4, 0.5) is 15.8 Å². The van der Waals surface area contributed by atoms with Crippen LogP contribution in [-0.4, -0.2) is 25.5 Å².